The van der Waals surface area contributed by atoms with Gasteiger partial charge in [-0.15, -0.1) is 11.3 Å². The number of nitrogens with two attached hydrogens (primary N) is 1. The first-order valence-electron chi connectivity index (χ1n) is 8.05. The highest BCUT2D eigenvalue weighted by Gasteiger charge is 2.16. The summed E-state index contributed by atoms with van der Waals surface area (Å²) in [5, 5.41) is 0.693. The van der Waals surface area contributed by atoms with E-state index in [1.54, 1.807) is 25.6 Å². The molecular formula is C18H23N3O2S. The van der Waals surface area contributed by atoms with E-state index in [0.717, 1.165) is 49.5 Å². The van der Waals surface area contributed by atoms with Crippen LogP contribution in [0.25, 0.3) is 6.08 Å². The van der Waals surface area contributed by atoms with E-state index in [2.05, 4.69) is 22.0 Å². The Labute approximate surface area is 146 Å². The fraction of sp³-hybridized carbons (Fsp3) is 0.389. The molecule has 0 atom stereocenters. The van der Waals surface area contributed by atoms with Crippen LogP contribution in [0.15, 0.2) is 24.3 Å². The van der Waals surface area contributed by atoms with Crippen molar-refractivity contribution in [3.8, 4) is 11.5 Å². The minimum Gasteiger partial charge on any atom is -0.493 e. The number of para-hydroxylation sites is 1. The number of benzene rings is 1. The molecule has 1 aromatic carbocycles. The van der Waals surface area contributed by atoms with Gasteiger partial charge >= 0.3 is 0 Å². The fourth-order valence-corrected chi connectivity index (χ4v) is 3.85. The number of fused-ring (bicyclic) bond motifs is 1. The predicted octanol–water partition coefficient (Wildman–Crippen LogP) is 2.86. The van der Waals surface area contributed by atoms with Crippen LogP contribution in [0.3, 0.4) is 0 Å². The molecule has 0 saturated carbocycles. The Balaban J connectivity index is 1.62. The zero-order valence-electron chi connectivity index (χ0n) is 14.1. The van der Waals surface area contributed by atoms with Gasteiger partial charge in [0.25, 0.3) is 0 Å². The van der Waals surface area contributed by atoms with Crippen LogP contribution in [0.5, 0.6) is 11.5 Å². The van der Waals surface area contributed by atoms with Gasteiger partial charge in [-0.2, -0.15) is 0 Å². The van der Waals surface area contributed by atoms with Gasteiger partial charge in [-0.1, -0.05) is 24.3 Å². The van der Waals surface area contributed by atoms with Gasteiger partial charge in [-0.3, -0.25) is 4.90 Å². The van der Waals surface area contributed by atoms with Crippen LogP contribution in [0.2, 0.25) is 0 Å². The number of thiazole rings is 1. The minimum absolute atomic E-state index is 0.693. The van der Waals surface area contributed by atoms with Crippen LogP contribution < -0.4 is 15.2 Å². The summed E-state index contributed by atoms with van der Waals surface area (Å²) < 4.78 is 10.8. The molecule has 0 unspecified atom stereocenters. The Morgan fingerprint density at radius 2 is 2.08 bits per heavy atom. The lowest BCUT2D eigenvalue weighted by atomic mass is 10.1. The molecule has 1 aromatic heterocycles. The molecular weight excluding hydrogens is 322 g/mol. The molecule has 1 aliphatic rings. The number of hydrogen-bond acceptors (Lipinski definition) is 6. The van der Waals surface area contributed by atoms with Crippen LogP contribution in [0.4, 0.5) is 5.13 Å². The molecule has 6 heteroatoms. The lowest BCUT2D eigenvalue weighted by Crippen LogP contribution is -2.26. The summed E-state index contributed by atoms with van der Waals surface area (Å²) in [6.45, 7) is 2.95. The fourth-order valence-electron chi connectivity index (χ4n) is 2.98. The van der Waals surface area contributed by atoms with Gasteiger partial charge in [-0.05, 0) is 12.5 Å². The number of anilines is 1. The molecule has 5 nitrogen and oxygen atoms in total. The van der Waals surface area contributed by atoms with Crippen LogP contribution in [0, 0.1) is 0 Å². The van der Waals surface area contributed by atoms with Gasteiger partial charge in [0.1, 0.15) is 0 Å². The van der Waals surface area contributed by atoms with Crippen molar-refractivity contribution in [2.24, 2.45) is 0 Å². The minimum atomic E-state index is 0.693. The summed E-state index contributed by atoms with van der Waals surface area (Å²) in [4.78, 5) is 8.22. The molecule has 0 radical (unpaired) electrons. The zero-order valence-corrected chi connectivity index (χ0v) is 14.9. The van der Waals surface area contributed by atoms with Gasteiger partial charge < -0.3 is 15.2 Å². The summed E-state index contributed by atoms with van der Waals surface area (Å²) in [5.41, 5.74) is 8.01. The largest absolute Gasteiger partial charge is 0.493 e. The normalized spacial score (nSPS) is 15.2. The summed E-state index contributed by atoms with van der Waals surface area (Å²) in [6.07, 6.45) is 6.27. The summed E-state index contributed by atoms with van der Waals surface area (Å²) in [5.74, 6) is 1.52. The van der Waals surface area contributed by atoms with Gasteiger partial charge in [0.2, 0.25) is 0 Å². The Morgan fingerprint density at radius 1 is 1.25 bits per heavy atom. The SMILES string of the molecule is COc1cccc(C=CCN2CCc3nc(N)sc3CC2)c1OC. The quantitative estimate of drug-likeness (QED) is 0.903. The molecule has 24 heavy (non-hydrogen) atoms. The first-order chi connectivity index (χ1) is 11.7. The average Bonchev–Trinajstić information content (AvgIpc) is 2.85. The number of nitrogens with zero attached hydrogens (tertiary/aromatic N) is 2. The highest BCUT2D eigenvalue weighted by atomic mass is 32.1. The molecule has 0 amide bonds. The standard InChI is InChI=1S/C18H23N3O2S/c1-22-15-7-3-5-13(17(15)23-2)6-4-10-21-11-8-14-16(9-12-21)24-18(19)20-14/h3-7H,8-12H2,1-2H3,(H2,19,20). The van der Waals surface area contributed by atoms with Gasteiger partial charge in [0.15, 0.2) is 16.6 Å². The van der Waals surface area contributed by atoms with Gasteiger partial charge in [-0.25, -0.2) is 4.98 Å². The molecule has 3 rings (SSSR count). The molecule has 0 spiro atoms. The van der Waals surface area contributed by atoms with Gasteiger partial charge in [0.05, 0.1) is 19.9 Å². The third kappa shape index (κ3) is 3.71. The van der Waals surface area contributed by atoms with Crippen molar-refractivity contribution in [2.45, 2.75) is 12.8 Å². The van der Waals surface area contributed by atoms with E-state index >= 15 is 0 Å². The van der Waals surface area contributed by atoms with E-state index in [9.17, 15) is 0 Å². The second-order valence-corrected chi connectivity index (χ2v) is 6.82. The summed E-state index contributed by atoms with van der Waals surface area (Å²) in [7, 11) is 3.32. The smallest absolute Gasteiger partial charge is 0.180 e. The average molecular weight is 345 g/mol. The second kappa shape index (κ2) is 7.68. The van der Waals surface area contributed by atoms with Crippen LogP contribution in [0.1, 0.15) is 16.1 Å². The van der Waals surface area contributed by atoms with Crippen molar-refractivity contribution in [3.63, 3.8) is 0 Å². The number of ether oxygens (including phenoxy) is 2. The third-order valence-electron chi connectivity index (χ3n) is 4.21. The van der Waals surface area contributed by atoms with Gasteiger partial charge in [0, 0.05) is 36.5 Å². The third-order valence-corrected chi connectivity index (χ3v) is 5.20. The predicted molar refractivity (Wildman–Crippen MR) is 99.0 cm³/mol. The summed E-state index contributed by atoms with van der Waals surface area (Å²) >= 11 is 1.63. The first-order valence-corrected chi connectivity index (χ1v) is 8.87. The monoisotopic (exact) mass is 345 g/mol. The maximum Gasteiger partial charge on any atom is 0.180 e. The number of hydrogen-bond donors (Lipinski definition) is 1. The van der Waals surface area contributed by atoms with E-state index in [-0.39, 0.29) is 0 Å². The lowest BCUT2D eigenvalue weighted by Gasteiger charge is -2.17. The second-order valence-electron chi connectivity index (χ2n) is 5.71. The Hall–Kier alpha value is -2.05. The maximum absolute atomic E-state index is 5.80. The molecule has 0 aliphatic carbocycles. The van der Waals surface area contributed by atoms with Crippen molar-refractivity contribution in [3.05, 3.63) is 40.4 Å². The van der Waals surface area contributed by atoms with Crippen molar-refractivity contribution in [1.82, 2.24) is 9.88 Å². The van der Waals surface area contributed by atoms with E-state index in [1.165, 1.54) is 10.6 Å². The van der Waals surface area contributed by atoms with E-state index in [0.29, 0.717) is 5.13 Å². The number of methoxy groups -OCH3 is 2. The Kier molecular flexibility index (Phi) is 5.37. The highest BCUT2D eigenvalue weighted by Crippen LogP contribution is 2.31. The molecule has 2 heterocycles. The first kappa shape index (κ1) is 16.8. The summed E-state index contributed by atoms with van der Waals surface area (Å²) in [6, 6.07) is 5.91. The van der Waals surface area contributed by atoms with Crippen molar-refractivity contribution >= 4 is 22.5 Å². The van der Waals surface area contributed by atoms with Crippen molar-refractivity contribution in [2.75, 3.05) is 39.6 Å². The van der Waals surface area contributed by atoms with Crippen molar-refractivity contribution in [1.29, 1.82) is 0 Å². The lowest BCUT2D eigenvalue weighted by molar-refractivity contribution is 0.318. The van der Waals surface area contributed by atoms with Crippen molar-refractivity contribution < 1.29 is 9.47 Å². The molecule has 2 aromatic rings. The maximum atomic E-state index is 5.80. The van der Waals surface area contributed by atoms with Crippen LogP contribution in [-0.4, -0.2) is 43.7 Å². The number of rotatable bonds is 5. The molecule has 2 N–H and O–H groups in total. The molecule has 0 bridgehead atoms. The molecule has 0 fully saturated rings. The highest BCUT2D eigenvalue weighted by molar-refractivity contribution is 7.15. The Bertz CT molecular complexity index is 702. The molecule has 0 saturated heterocycles. The van der Waals surface area contributed by atoms with Crippen LogP contribution in [-0.2, 0) is 12.8 Å². The zero-order chi connectivity index (χ0) is 16.9. The van der Waals surface area contributed by atoms with E-state index in [4.69, 9.17) is 15.2 Å². The van der Waals surface area contributed by atoms with E-state index in [1.807, 2.05) is 18.2 Å². The number of nitrogen functional groups attached to an aromatic ring is 1. The van der Waals surface area contributed by atoms with E-state index < -0.39 is 0 Å². The topological polar surface area (TPSA) is 60.6 Å². The molecule has 128 valence electrons. The molecule has 1 aliphatic heterocycles. The Morgan fingerprint density at radius 3 is 2.88 bits per heavy atom. The van der Waals surface area contributed by atoms with Crippen LogP contribution >= 0.6 is 11.3 Å². The number of aromatic nitrogens is 1.